The second-order valence-electron chi connectivity index (χ2n) is 4.13. The lowest BCUT2D eigenvalue weighted by Crippen LogP contribution is -2.31. The number of aromatic amines is 1. The molecule has 0 saturated heterocycles. The van der Waals surface area contributed by atoms with Gasteiger partial charge in [-0.25, -0.2) is 13.4 Å². The van der Waals surface area contributed by atoms with Crippen LogP contribution in [-0.4, -0.2) is 36.3 Å². The van der Waals surface area contributed by atoms with Gasteiger partial charge in [-0.05, 0) is 12.8 Å². The Kier molecular flexibility index (Phi) is 4.09. The highest BCUT2D eigenvalue weighted by Crippen LogP contribution is 2.14. The molecular weight excluding hydrogens is 226 g/mol. The van der Waals surface area contributed by atoms with Gasteiger partial charge in [0.25, 0.3) is 10.0 Å². The van der Waals surface area contributed by atoms with E-state index >= 15 is 0 Å². The van der Waals surface area contributed by atoms with Crippen molar-refractivity contribution in [1.82, 2.24) is 14.3 Å². The average Bonchev–Trinajstić information content (AvgIpc) is 2.65. The molecule has 0 saturated carbocycles. The first-order valence-electron chi connectivity index (χ1n) is 5.35. The lowest BCUT2D eigenvalue weighted by molar-refractivity contribution is 0.392. The van der Waals surface area contributed by atoms with Crippen LogP contribution in [-0.2, 0) is 10.0 Å². The van der Waals surface area contributed by atoms with E-state index in [4.69, 9.17) is 0 Å². The van der Waals surface area contributed by atoms with Crippen LogP contribution in [0.2, 0.25) is 0 Å². The summed E-state index contributed by atoms with van der Waals surface area (Å²) in [5, 5.41) is 0.163. The molecular formula is C10H19N3O2S. The van der Waals surface area contributed by atoms with Crippen LogP contribution >= 0.6 is 0 Å². The van der Waals surface area contributed by atoms with Crippen molar-refractivity contribution in [2.75, 3.05) is 13.6 Å². The number of rotatable bonds is 5. The third kappa shape index (κ3) is 2.82. The van der Waals surface area contributed by atoms with Crippen molar-refractivity contribution >= 4 is 10.0 Å². The molecule has 1 heterocycles. The smallest absolute Gasteiger partial charge is 0.259 e. The van der Waals surface area contributed by atoms with Crippen LogP contribution in [0.1, 0.15) is 26.1 Å². The molecule has 6 heteroatoms. The number of hydrogen-bond acceptors (Lipinski definition) is 3. The van der Waals surface area contributed by atoms with Crippen LogP contribution in [0, 0.1) is 12.8 Å². The molecule has 5 nitrogen and oxygen atoms in total. The summed E-state index contributed by atoms with van der Waals surface area (Å²) in [5.74, 6) is 0.958. The van der Waals surface area contributed by atoms with Gasteiger partial charge in [-0.1, -0.05) is 20.3 Å². The summed E-state index contributed by atoms with van der Waals surface area (Å²) < 4.78 is 25.5. The standard InChI is InChI=1S/C10H19N3O2S/c1-5-8(2)7-13(4)16(14,15)10-6-11-9(3)12-10/h6,8H,5,7H2,1-4H3,(H,11,12). The summed E-state index contributed by atoms with van der Waals surface area (Å²) in [4.78, 5) is 6.65. The van der Waals surface area contributed by atoms with Crippen LogP contribution in [0.5, 0.6) is 0 Å². The molecule has 1 atom stereocenters. The second-order valence-corrected chi connectivity index (χ2v) is 6.15. The van der Waals surface area contributed by atoms with Crippen LogP contribution in [0.25, 0.3) is 0 Å². The molecule has 1 rings (SSSR count). The van der Waals surface area contributed by atoms with Crippen molar-refractivity contribution in [2.24, 2.45) is 5.92 Å². The van der Waals surface area contributed by atoms with Gasteiger partial charge in [0.2, 0.25) is 0 Å². The summed E-state index contributed by atoms with van der Waals surface area (Å²) in [7, 11) is -1.81. The zero-order valence-corrected chi connectivity index (χ0v) is 11.0. The zero-order valence-electron chi connectivity index (χ0n) is 10.2. The fraction of sp³-hybridized carbons (Fsp3) is 0.700. The van der Waals surface area contributed by atoms with Crippen molar-refractivity contribution in [2.45, 2.75) is 32.2 Å². The molecule has 0 fully saturated rings. The van der Waals surface area contributed by atoms with E-state index in [9.17, 15) is 8.42 Å². The van der Waals surface area contributed by atoms with E-state index in [1.165, 1.54) is 10.5 Å². The number of aromatic nitrogens is 2. The largest absolute Gasteiger partial charge is 0.332 e. The predicted molar refractivity (Wildman–Crippen MR) is 62.6 cm³/mol. The zero-order chi connectivity index (χ0) is 12.3. The van der Waals surface area contributed by atoms with E-state index in [0.717, 1.165) is 6.42 Å². The number of nitrogens with one attached hydrogen (secondary N) is 1. The highest BCUT2D eigenvalue weighted by atomic mass is 32.2. The minimum Gasteiger partial charge on any atom is -0.332 e. The van der Waals surface area contributed by atoms with Gasteiger partial charge >= 0.3 is 0 Å². The normalized spacial score (nSPS) is 14.3. The molecule has 0 amide bonds. The van der Waals surface area contributed by atoms with Gasteiger partial charge < -0.3 is 4.98 Å². The Morgan fingerprint density at radius 1 is 1.56 bits per heavy atom. The number of sulfonamides is 1. The molecule has 0 aliphatic heterocycles. The van der Waals surface area contributed by atoms with E-state index in [-0.39, 0.29) is 5.03 Å². The maximum Gasteiger partial charge on any atom is 0.259 e. The lowest BCUT2D eigenvalue weighted by Gasteiger charge is -2.19. The SMILES string of the molecule is CCC(C)CN(C)S(=O)(=O)c1cnc(C)[nH]1. The monoisotopic (exact) mass is 245 g/mol. The summed E-state index contributed by atoms with van der Waals surface area (Å²) in [6.07, 6.45) is 2.32. The molecule has 1 unspecified atom stereocenters. The number of hydrogen-bond donors (Lipinski definition) is 1. The minimum atomic E-state index is -3.41. The topological polar surface area (TPSA) is 66.1 Å². The van der Waals surface area contributed by atoms with Gasteiger partial charge in [-0.15, -0.1) is 0 Å². The van der Waals surface area contributed by atoms with Gasteiger partial charge in [0.1, 0.15) is 5.82 Å². The second kappa shape index (κ2) is 4.97. The molecule has 1 aromatic rings. The van der Waals surface area contributed by atoms with Crippen LogP contribution in [0.15, 0.2) is 11.2 Å². The minimum absolute atomic E-state index is 0.163. The quantitative estimate of drug-likeness (QED) is 0.852. The third-order valence-electron chi connectivity index (χ3n) is 2.63. The first kappa shape index (κ1) is 13.2. The Morgan fingerprint density at radius 2 is 2.19 bits per heavy atom. The van der Waals surface area contributed by atoms with Crippen molar-refractivity contribution in [3.63, 3.8) is 0 Å². The van der Waals surface area contributed by atoms with Crippen molar-refractivity contribution < 1.29 is 8.42 Å². The number of nitrogens with zero attached hydrogens (tertiary/aromatic N) is 2. The van der Waals surface area contributed by atoms with E-state index in [2.05, 4.69) is 9.97 Å². The lowest BCUT2D eigenvalue weighted by atomic mass is 10.1. The van der Waals surface area contributed by atoms with Gasteiger partial charge in [0.05, 0.1) is 6.20 Å². The molecule has 0 spiro atoms. The molecule has 92 valence electrons. The summed E-state index contributed by atoms with van der Waals surface area (Å²) in [5.41, 5.74) is 0. The molecule has 0 aliphatic rings. The fourth-order valence-electron chi connectivity index (χ4n) is 1.36. The van der Waals surface area contributed by atoms with Crippen LogP contribution in [0.4, 0.5) is 0 Å². The number of H-pyrrole nitrogens is 1. The summed E-state index contributed by atoms with van der Waals surface area (Å²) >= 11 is 0. The van der Waals surface area contributed by atoms with Crippen molar-refractivity contribution in [1.29, 1.82) is 0 Å². The van der Waals surface area contributed by atoms with Crippen molar-refractivity contribution in [3.05, 3.63) is 12.0 Å². The first-order chi connectivity index (χ1) is 7.37. The van der Waals surface area contributed by atoms with E-state index in [1.54, 1.807) is 14.0 Å². The first-order valence-corrected chi connectivity index (χ1v) is 6.79. The van der Waals surface area contributed by atoms with E-state index in [0.29, 0.717) is 18.3 Å². The predicted octanol–water partition coefficient (Wildman–Crippen LogP) is 1.38. The third-order valence-corrected chi connectivity index (χ3v) is 4.37. The maximum absolute atomic E-state index is 12.1. The Labute approximate surface area is 96.9 Å². The fourth-order valence-corrected chi connectivity index (χ4v) is 2.61. The highest BCUT2D eigenvalue weighted by Gasteiger charge is 2.23. The van der Waals surface area contributed by atoms with Crippen LogP contribution < -0.4 is 0 Å². The van der Waals surface area contributed by atoms with Gasteiger partial charge in [-0.2, -0.15) is 4.31 Å². The number of aryl methyl sites for hydroxylation is 1. The van der Waals surface area contributed by atoms with Crippen LogP contribution in [0.3, 0.4) is 0 Å². The highest BCUT2D eigenvalue weighted by molar-refractivity contribution is 7.89. The Morgan fingerprint density at radius 3 is 2.62 bits per heavy atom. The summed E-state index contributed by atoms with van der Waals surface area (Å²) in [6, 6.07) is 0. The van der Waals surface area contributed by atoms with Gasteiger partial charge in [0.15, 0.2) is 5.03 Å². The maximum atomic E-state index is 12.1. The molecule has 0 radical (unpaired) electrons. The Balaban J connectivity index is 2.86. The molecule has 16 heavy (non-hydrogen) atoms. The molecule has 0 aliphatic carbocycles. The Hall–Kier alpha value is -0.880. The molecule has 1 aromatic heterocycles. The molecule has 1 N–H and O–H groups in total. The Bertz CT molecular complexity index is 439. The summed E-state index contributed by atoms with van der Waals surface area (Å²) in [6.45, 7) is 6.33. The van der Waals surface area contributed by atoms with E-state index in [1.807, 2.05) is 13.8 Å². The average molecular weight is 245 g/mol. The van der Waals surface area contributed by atoms with Gasteiger partial charge in [-0.3, -0.25) is 0 Å². The number of imidazole rings is 1. The molecule has 0 aromatic carbocycles. The van der Waals surface area contributed by atoms with Crippen molar-refractivity contribution in [3.8, 4) is 0 Å². The van der Waals surface area contributed by atoms with E-state index < -0.39 is 10.0 Å². The molecule has 0 bridgehead atoms. The van der Waals surface area contributed by atoms with Gasteiger partial charge in [0, 0.05) is 13.6 Å².